The molecule has 2 aliphatic rings. The van der Waals surface area contributed by atoms with E-state index in [1.165, 1.54) is 0 Å². The van der Waals surface area contributed by atoms with E-state index in [9.17, 15) is 14.9 Å². The maximum absolute atomic E-state index is 13.5. The molecule has 3 aromatic rings. The van der Waals surface area contributed by atoms with Crippen molar-refractivity contribution < 1.29 is 9.59 Å². The van der Waals surface area contributed by atoms with Crippen molar-refractivity contribution in [3.63, 3.8) is 0 Å². The number of nitrogens with one attached hydrogen (secondary N) is 1. The minimum absolute atomic E-state index is 0.146. The van der Waals surface area contributed by atoms with Gasteiger partial charge in [-0.2, -0.15) is 10.4 Å². The van der Waals surface area contributed by atoms with E-state index in [2.05, 4.69) is 22.6 Å². The average Bonchev–Trinajstić information content (AvgIpc) is 3.39. The summed E-state index contributed by atoms with van der Waals surface area (Å²) < 4.78 is 1.72. The molecule has 2 aromatic carbocycles. The number of para-hydroxylation sites is 2. The lowest BCUT2D eigenvalue weighted by molar-refractivity contribution is -0.117. The highest BCUT2D eigenvalue weighted by Gasteiger charge is 2.33. The molecule has 1 atom stereocenters. The summed E-state index contributed by atoms with van der Waals surface area (Å²) in [5.41, 5.74) is 4.63. The van der Waals surface area contributed by atoms with Gasteiger partial charge >= 0.3 is 0 Å². The molecule has 0 radical (unpaired) electrons. The first-order chi connectivity index (χ1) is 16.1. The van der Waals surface area contributed by atoms with Gasteiger partial charge in [0.05, 0.1) is 17.1 Å². The predicted octanol–water partition coefficient (Wildman–Crippen LogP) is 3.05. The summed E-state index contributed by atoms with van der Waals surface area (Å²) in [4.78, 5) is 26.4. The number of anilines is 1. The highest BCUT2D eigenvalue weighted by atomic mass is 16.2. The molecule has 0 bridgehead atoms. The molecule has 6 heteroatoms. The van der Waals surface area contributed by atoms with Gasteiger partial charge in [-0.3, -0.25) is 9.59 Å². The molecule has 1 heterocycles. The monoisotopic (exact) mass is 432 g/mol. The van der Waals surface area contributed by atoms with Crippen molar-refractivity contribution in [3.8, 4) is 11.8 Å². The molecule has 0 spiro atoms. The van der Waals surface area contributed by atoms with Crippen molar-refractivity contribution in [3.05, 3.63) is 100 Å². The topological polar surface area (TPSA) is 87.8 Å². The fourth-order valence-electron chi connectivity index (χ4n) is 4.28. The normalized spacial score (nSPS) is 14.7. The summed E-state index contributed by atoms with van der Waals surface area (Å²) in [6.07, 6.45) is 6.81. The van der Waals surface area contributed by atoms with Crippen LogP contribution in [0.2, 0.25) is 0 Å². The molecular weight excluding hydrogens is 412 g/mol. The Labute approximate surface area is 190 Å². The first-order valence-corrected chi connectivity index (χ1v) is 10.7. The van der Waals surface area contributed by atoms with Gasteiger partial charge in [0.15, 0.2) is 5.92 Å². The second kappa shape index (κ2) is 8.21. The largest absolute Gasteiger partial charge is 0.325 e. The number of benzene rings is 2. The number of allylic oxidation sites excluding steroid dienone is 4. The highest BCUT2D eigenvalue weighted by molar-refractivity contribution is 6.15. The third kappa shape index (κ3) is 3.50. The Morgan fingerprint density at radius 1 is 1.09 bits per heavy atom. The summed E-state index contributed by atoms with van der Waals surface area (Å²) in [7, 11) is 0. The average molecular weight is 432 g/mol. The van der Waals surface area contributed by atoms with Crippen molar-refractivity contribution >= 4 is 29.0 Å². The molecule has 33 heavy (non-hydrogen) atoms. The fraction of sp³-hybridized carbons (Fsp3) is 0.111. The lowest BCUT2D eigenvalue weighted by Gasteiger charge is -2.12. The fourth-order valence-corrected chi connectivity index (χ4v) is 4.28. The number of ketones is 1. The van der Waals surface area contributed by atoms with Crippen LogP contribution < -0.4 is 15.9 Å². The van der Waals surface area contributed by atoms with Crippen LogP contribution in [0.3, 0.4) is 0 Å². The van der Waals surface area contributed by atoms with E-state index in [-0.39, 0.29) is 5.69 Å². The molecule has 5 rings (SSSR count). The van der Waals surface area contributed by atoms with E-state index in [1.54, 1.807) is 28.9 Å². The Kier molecular flexibility index (Phi) is 5.08. The van der Waals surface area contributed by atoms with Crippen LogP contribution in [0, 0.1) is 17.2 Å². The Balaban J connectivity index is 1.64. The molecular formula is C27H20N4O2. The van der Waals surface area contributed by atoms with Gasteiger partial charge in [0.25, 0.3) is 0 Å². The Morgan fingerprint density at radius 3 is 2.48 bits per heavy atom. The number of hydrogen-bond acceptors (Lipinski definition) is 4. The van der Waals surface area contributed by atoms with Crippen molar-refractivity contribution in [2.75, 3.05) is 5.32 Å². The third-order valence-electron chi connectivity index (χ3n) is 5.87. The Hall–Kier alpha value is -4.50. The van der Waals surface area contributed by atoms with Gasteiger partial charge in [0, 0.05) is 10.9 Å². The zero-order valence-corrected chi connectivity index (χ0v) is 17.9. The first kappa shape index (κ1) is 20.4. The van der Waals surface area contributed by atoms with E-state index in [0.29, 0.717) is 17.3 Å². The maximum atomic E-state index is 13.5. The number of nitriles is 1. The van der Waals surface area contributed by atoms with E-state index in [4.69, 9.17) is 0 Å². The SMILES string of the molecule is CC1=C2C=c3c(c(C(=O)C(C#N)C(=O)Nc4ccccc4)nn3-c3ccccc3)=C2CC=C1. The molecule has 2 aliphatic carbocycles. The highest BCUT2D eigenvalue weighted by Crippen LogP contribution is 2.28. The summed E-state index contributed by atoms with van der Waals surface area (Å²) >= 11 is 0. The zero-order valence-electron chi connectivity index (χ0n) is 17.9. The summed E-state index contributed by atoms with van der Waals surface area (Å²) in [6, 6.07) is 20.2. The minimum Gasteiger partial charge on any atom is -0.325 e. The van der Waals surface area contributed by atoms with Crippen LogP contribution in [-0.2, 0) is 4.79 Å². The van der Waals surface area contributed by atoms with Gasteiger partial charge in [0.1, 0.15) is 5.69 Å². The number of nitrogens with zero attached hydrogens (tertiary/aromatic N) is 3. The number of rotatable bonds is 5. The Bertz CT molecular complexity index is 1500. The third-order valence-corrected chi connectivity index (χ3v) is 5.87. The van der Waals surface area contributed by atoms with Crippen LogP contribution >= 0.6 is 0 Å². The number of carbonyl (C=O) groups excluding carboxylic acids is 2. The lowest BCUT2D eigenvalue weighted by atomic mass is 9.93. The summed E-state index contributed by atoms with van der Waals surface area (Å²) in [5.74, 6) is -2.78. The van der Waals surface area contributed by atoms with Crippen LogP contribution in [0.1, 0.15) is 23.8 Å². The molecule has 0 saturated heterocycles. The number of amides is 1. The number of aromatic nitrogens is 2. The van der Waals surface area contributed by atoms with Crippen LogP contribution in [0.15, 0.2) is 84.0 Å². The van der Waals surface area contributed by atoms with Crippen molar-refractivity contribution in [2.45, 2.75) is 13.3 Å². The zero-order chi connectivity index (χ0) is 22.9. The molecule has 160 valence electrons. The maximum Gasteiger partial charge on any atom is 0.249 e. The summed E-state index contributed by atoms with van der Waals surface area (Å²) in [6.45, 7) is 2.03. The van der Waals surface area contributed by atoms with Gasteiger partial charge in [-0.25, -0.2) is 4.68 Å². The van der Waals surface area contributed by atoms with Crippen molar-refractivity contribution in [2.24, 2.45) is 5.92 Å². The molecule has 6 nitrogen and oxygen atoms in total. The minimum atomic E-state index is -1.51. The number of carbonyl (C=O) groups is 2. The predicted molar refractivity (Wildman–Crippen MR) is 126 cm³/mol. The first-order valence-electron chi connectivity index (χ1n) is 10.7. The smallest absolute Gasteiger partial charge is 0.249 e. The van der Waals surface area contributed by atoms with Gasteiger partial charge in [-0.05, 0) is 60.4 Å². The van der Waals surface area contributed by atoms with Crippen LogP contribution in [0.5, 0.6) is 0 Å². The molecule has 1 unspecified atom stereocenters. The number of fused-ring (bicyclic) bond motifs is 2. The molecule has 0 saturated carbocycles. The van der Waals surface area contributed by atoms with Gasteiger partial charge in [-0.1, -0.05) is 48.6 Å². The van der Waals surface area contributed by atoms with E-state index in [0.717, 1.165) is 27.8 Å². The van der Waals surface area contributed by atoms with Crippen LogP contribution in [0.4, 0.5) is 5.69 Å². The Morgan fingerprint density at radius 2 is 1.79 bits per heavy atom. The quantitative estimate of drug-likeness (QED) is 0.496. The lowest BCUT2D eigenvalue weighted by Crippen LogP contribution is -2.34. The molecule has 1 N–H and O–H groups in total. The van der Waals surface area contributed by atoms with Gasteiger partial charge in [0.2, 0.25) is 11.7 Å². The van der Waals surface area contributed by atoms with Gasteiger partial charge in [-0.15, -0.1) is 0 Å². The van der Waals surface area contributed by atoms with E-state index < -0.39 is 17.6 Å². The van der Waals surface area contributed by atoms with Crippen molar-refractivity contribution in [1.29, 1.82) is 5.26 Å². The molecule has 0 aliphatic heterocycles. The second-order valence-corrected chi connectivity index (χ2v) is 7.96. The van der Waals surface area contributed by atoms with Gasteiger partial charge < -0.3 is 5.32 Å². The molecule has 0 fully saturated rings. The molecule has 1 aromatic heterocycles. The number of Topliss-reactive ketones (excluding diaryl/α,β-unsaturated/α-hetero) is 1. The van der Waals surface area contributed by atoms with Crippen LogP contribution in [-0.4, -0.2) is 21.5 Å². The van der Waals surface area contributed by atoms with Crippen LogP contribution in [0.25, 0.3) is 17.3 Å². The standard InChI is InChI=1S/C27H20N4O2/c1-17-9-8-14-20-21(17)15-23-24(20)25(30-31(23)19-12-6-3-7-13-19)26(32)22(16-28)27(33)29-18-10-4-2-5-11-18/h2-13,15,22H,14H2,1H3,(H,29,33). The van der Waals surface area contributed by atoms with E-state index >= 15 is 0 Å². The second-order valence-electron chi connectivity index (χ2n) is 7.96. The van der Waals surface area contributed by atoms with E-state index in [1.807, 2.05) is 55.5 Å². The van der Waals surface area contributed by atoms with Crippen molar-refractivity contribution in [1.82, 2.24) is 9.78 Å². The molecule has 1 amide bonds. The summed E-state index contributed by atoms with van der Waals surface area (Å²) in [5, 5.41) is 18.5. The number of hydrogen-bond donors (Lipinski definition) is 1.